The van der Waals surface area contributed by atoms with Gasteiger partial charge in [-0.2, -0.15) is 0 Å². The molecule has 82 valence electrons. The molecule has 0 fully saturated rings. The molecule has 0 amide bonds. The molecule has 8 heteroatoms. The van der Waals surface area contributed by atoms with Gasteiger partial charge in [0.2, 0.25) is 0 Å². The summed E-state index contributed by atoms with van der Waals surface area (Å²) in [7, 11) is -3.38. The molecule has 0 rings (SSSR count). The quantitative estimate of drug-likeness (QED) is 0.271. The van der Waals surface area contributed by atoms with Crippen LogP contribution in [0.2, 0.25) is 0 Å². The highest BCUT2D eigenvalue weighted by Gasteiger charge is 2.07. The molecule has 0 aliphatic heterocycles. The predicted molar refractivity (Wildman–Crippen MR) is 50.8 cm³/mol. The van der Waals surface area contributed by atoms with Gasteiger partial charge in [0.1, 0.15) is 0 Å². The van der Waals surface area contributed by atoms with Gasteiger partial charge in [0.25, 0.3) is 0 Å². The Morgan fingerprint density at radius 2 is 1.00 bits per heavy atom. The first-order chi connectivity index (χ1) is 6.63. The standard InChI is InChI=1S/C6H16B2O6/c9-7(10)13-5-3-1-2-4-6-14-8(11)12/h9-12H,1-6H2. The molecule has 0 aromatic carbocycles. The van der Waals surface area contributed by atoms with Crippen molar-refractivity contribution in [3.63, 3.8) is 0 Å². The van der Waals surface area contributed by atoms with E-state index in [0.29, 0.717) is 13.2 Å². The molecule has 0 heterocycles. The van der Waals surface area contributed by atoms with Crippen molar-refractivity contribution >= 4 is 14.6 Å². The summed E-state index contributed by atoms with van der Waals surface area (Å²) in [6, 6.07) is 0. The van der Waals surface area contributed by atoms with E-state index in [0.717, 1.165) is 25.7 Å². The minimum atomic E-state index is -1.69. The third-order valence-electron chi connectivity index (χ3n) is 1.57. The average molecular weight is 206 g/mol. The van der Waals surface area contributed by atoms with Crippen molar-refractivity contribution in [3.05, 3.63) is 0 Å². The van der Waals surface area contributed by atoms with Crippen LogP contribution in [0.3, 0.4) is 0 Å². The Hall–Kier alpha value is -0.110. The Morgan fingerprint density at radius 3 is 1.29 bits per heavy atom. The number of hydrogen-bond acceptors (Lipinski definition) is 6. The van der Waals surface area contributed by atoms with Crippen LogP contribution in [0.5, 0.6) is 0 Å². The lowest BCUT2D eigenvalue weighted by atomic mass is 10.2. The van der Waals surface area contributed by atoms with Crippen LogP contribution in [0.4, 0.5) is 0 Å². The summed E-state index contributed by atoms with van der Waals surface area (Å²) in [5.74, 6) is 0. The van der Waals surface area contributed by atoms with Crippen molar-refractivity contribution in [2.24, 2.45) is 0 Å². The van der Waals surface area contributed by atoms with Gasteiger partial charge in [-0.15, -0.1) is 0 Å². The van der Waals surface area contributed by atoms with Crippen LogP contribution in [0.15, 0.2) is 0 Å². The van der Waals surface area contributed by atoms with E-state index < -0.39 is 14.6 Å². The summed E-state index contributed by atoms with van der Waals surface area (Å²) in [4.78, 5) is 0. The second-order valence-electron chi connectivity index (χ2n) is 2.81. The van der Waals surface area contributed by atoms with E-state index in [4.69, 9.17) is 20.1 Å². The van der Waals surface area contributed by atoms with Crippen LogP contribution >= 0.6 is 0 Å². The lowest BCUT2D eigenvalue weighted by Gasteiger charge is -2.03. The Morgan fingerprint density at radius 1 is 0.643 bits per heavy atom. The third kappa shape index (κ3) is 11.9. The fraction of sp³-hybridized carbons (Fsp3) is 1.00. The van der Waals surface area contributed by atoms with Gasteiger partial charge in [-0.05, 0) is 12.8 Å². The summed E-state index contributed by atoms with van der Waals surface area (Å²) in [5.41, 5.74) is 0. The smallest absolute Gasteiger partial charge is 0.402 e. The lowest BCUT2D eigenvalue weighted by Crippen LogP contribution is -2.18. The first kappa shape index (κ1) is 13.9. The molecule has 6 nitrogen and oxygen atoms in total. The molecule has 0 saturated heterocycles. The van der Waals surface area contributed by atoms with Gasteiger partial charge in [0.15, 0.2) is 0 Å². The molecule has 0 aliphatic rings. The van der Waals surface area contributed by atoms with Gasteiger partial charge in [0, 0.05) is 13.2 Å². The Labute approximate surface area is 83.8 Å². The monoisotopic (exact) mass is 206 g/mol. The zero-order valence-corrected chi connectivity index (χ0v) is 8.00. The highest BCUT2D eigenvalue weighted by Crippen LogP contribution is 2.00. The molecular weight excluding hydrogens is 190 g/mol. The Balaban J connectivity index is 2.92. The maximum Gasteiger partial charge on any atom is 0.633 e. The van der Waals surface area contributed by atoms with Crippen LogP contribution < -0.4 is 0 Å². The predicted octanol–water partition coefficient (Wildman–Crippen LogP) is -1.48. The topological polar surface area (TPSA) is 99.4 Å². The molecule has 0 spiro atoms. The summed E-state index contributed by atoms with van der Waals surface area (Å²) in [5, 5.41) is 33.2. The van der Waals surface area contributed by atoms with Gasteiger partial charge in [-0.3, -0.25) is 0 Å². The highest BCUT2D eigenvalue weighted by atomic mass is 16.6. The molecule has 0 bridgehead atoms. The number of unbranched alkanes of at least 4 members (excludes halogenated alkanes) is 3. The molecule has 0 radical (unpaired) electrons. The summed E-state index contributed by atoms with van der Waals surface area (Å²) in [6.07, 6.45) is 3.22. The van der Waals surface area contributed by atoms with Crippen LogP contribution in [-0.4, -0.2) is 48.0 Å². The van der Waals surface area contributed by atoms with Crippen LogP contribution in [0.25, 0.3) is 0 Å². The fourth-order valence-corrected chi connectivity index (χ4v) is 0.935. The molecule has 0 aromatic rings. The third-order valence-corrected chi connectivity index (χ3v) is 1.57. The van der Waals surface area contributed by atoms with Crippen molar-refractivity contribution < 1.29 is 29.4 Å². The molecule has 0 unspecified atom stereocenters. The second kappa shape index (κ2) is 9.45. The van der Waals surface area contributed by atoms with E-state index in [1.165, 1.54) is 0 Å². The number of hydrogen-bond donors (Lipinski definition) is 4. The molecule has 0 aromatic heterocycles. The van der Waals surface area contributed by atoms with E-state index in [-0.39, 0.29) is 0 Å². The normalized spacial score (nSPS) is 10.3. The maximum absolute atomic E-state index is 8.31. The van der Waals surface area contributed by atoms with Crippen molar-refractivity contribution in [1.29, 1.82) is 0 Å². The van der Waals surface area contributed by atoms with Crippen LogP contribution in [0.1, 0.15) is 25.7 Å². The molecular formula is C6H16B2O6. The van der Waals surface area contributed by atoms with Crippen molar-refractivity contribution in [2.75, 3.05) is 13.2 Å². The van der Waals surface area contributed by atoms with E-state index in [1.807, 2.05) is 0 Å². The molecule has 0 aliphatic carbocycles. The first-order valence-corrected chi connectivity index (χ1v) is 4.58. The van der Waals surface area contributed by atoms with Crippen LogP contribution in [0, 0.1) is 0 Å². The fourth-order valence-electron chi connectivity index (χ4n) is 0.935. The van der Waals surface area contributed by atoms with E-state index >= 15 is 0 Å². The van der Waals surface area contributed by atoms with E-state index in [2.05, 4.69) is 9.31 Å². The highest BCUT2D eigenvalue weighted by molar-refractivity contribution is 6.32. The molecule has 4 N–H and O–H groups in total. The molecule has 0 saturated carbocycles. The van der Waals surface area contributed by atoms with Gasteiger partial charge >= 0.3 is 14.6 Å². The largest absolute Gasteiger partial charge is 0.633 e. The zero-order valence-electron chi connectivity index (χ0n) is 8.00. The SMILES string of the molecule is OB(O)OCCCCCCOB(O)O. The Bertz CT molecular complexity index is 109. The summed E-state index contributed by atoms with van der Waals surface area (Å²) in [6.45, 7) is 0.613. The van der Waals surface area contributed by atoms with Crippen LogP contribution in [-0.2, 0) is 9.31 Å². The Kier molecular flexibility index (Phi) is 9.37. The lowest BCUT2D eigenvalue weighted by molar-refractivity contribution is 0.173. The first-order valence-electron chi connectivity index (χ1n) is 4.58. The number of rotatable bonds is 9. The zero-order chi connectivity index (χ0) is 10.8. The minimum absolute atomic E-state index is 0.307. The van der Waals surface area contributed by atoms with Gasteiger partial charge in [0.05, 0.1) is 0 Å². The van der Waals surface area contributed by atoms with Gasteiger partial charge in [-0.1, -0.05) is 12.8 Å². The van der Waals surface area contributed by atoms with Crippen molar-refractivity contribution in [2.45, 2.75) is 25.7 Å². The summed E-state index contributed by atoms with van der Waals surface area (Å²) >= 11 is 0. The van der Waals surface area contributed by atoms with Crippen molar-refractivity contribution in [1.82, 2.24) is 0 Å². The average Bonchev–Trinajstić information content (AvgIpc) is 2.08. The summed E-state index contributed by atoms with van der Waals surface area (Å²) < 4.78 is 8.97. The minimum Gasteiger partial charge on any atom is -0.402 e. The molecule has 14 heavy (non-hydrogen) atoms. The maximum atomic E-state index is 8.31. The van der Waals surface area contributed by atoms with Crippen molar-refractivity contribution in [3.8, 4) is 0 Å². The van der Waals surface area contributed by atoms with E-state index in [1.54, 1.807) is 0 Å². The molecule has 0 atom stereocenters. The second-order valence-corrected chi connectivity index (χ2v) is 2.81. The van der Waals surface area contributed by atoms with Gasteiger partial charge in [-0.25, -0.2) is 0 Å². The van der Waals surface area contributed by atoms with Gasteiger partial charge < -0.3 is 29.4 Å². The van der Waals surface area contributed by atoms with E-state index in [9.17, 15) is 0 Å².